The smallest absolute Gasteiger partial charge is 0.440 e. The highest BCUT2D eigenvalue weighted by Gasteiger charge is 2.57. The number of rotatable bonds is 18. The molecule has 1 unspecified atom stereocenters. The van der Waals surface area contributed by atoms with Crippen molar-refractivity contribution in [1.29, 1.82) is 0 Å². The average molecular weight is 710 g/mol. The van der Waals surface area contributed by atoms with Gasteiger partial charge in [-0.2, -0.15) is 0 Å². The standard InChI is InChI=1S/C37H68NO6PSi2/c1-11-12-13-14-15-29-16-17-31-27-32(19-18-30(31)26-29)33-20-21-37(44-35(38)39,34(33)36(2,3)4)28-43-45(40,41-22-24-46(5,6)7)42-23-25-47(8,9)10/h18-19,27,29,33-34H,11-17,20-26,28H2,1-10H3,(H2,38,39)/t29-,33-,34?,37+/m1/s1. The van der Waals surface area contributed by atoms with Crippen molar-refractivity contribution >= 4 is 30.1 Å². The summed E-state index contributed by atoms with van der Waals surface area (Å²) in [6.45, 7) is 22.9. The number of amides is 1. The second kappa shape index (κ2) is 16.8. The first-order chi connectivity index (χ1) is 21.8. The van der Waals surface area contributed by atoms with Gasteiger partial charge in [-0.15, -0.1) is 0 Å². The predicted octanol–water partition coefficient (Wildman–Crippen LogP) is 11.0. The van der Waals surface area contributed by atoms with Crippen molar-refractivity contribution in [2.75, 3.05) is 19.8 Å². The van der Waals surface area contributed by atoms with Gasteiger partial charge in [0.15, 0.2) is 0 Å². The lowest BCUT2D eigenvalue weighted by Gasteiger charge is -2.44. The van der Waals surface area contributed by atoms with E-state index in [1.165, 1.54) is 61.6 Å². The fraction of sp³-hybridized carbons (Fsp3) is 0.811. The number of aryl methyl sites for hydroxylation is 1. The van der Waals surface area contributed by atoms with Gasteiger partial charge in [0, 0.05) is 22.1 Å². The Morgan fingerprint density at radius 1 is 0.936 bits per heavy atom. The number of nitrogens with two attached hydrogens (primary N) is 1. The molecule has 1 aromatic carbocycles. The van der Waals surface area contributed by atoms with Crippen LogP contribution in [0.1, 0.15) is 102 Å². The minimum atomic E-state index is -3.92. The first-order valence-corrected chi connectivity index (χ1v) is 27.3. The average Bonchev–Trinajstić information content (AvgIpc) is 3.32. The summed E-state index contributed by atoms with van der Waals surface area (Å²) in [7, 11) is -6.81. The Morgan fingerprint density at radius 2 is 1.57 bits per heavy atom. The summed E-state index contributed by atoms with van der Waals surface area (Å²) >= 11 is 0. The summed E-state index contributed by atoms with van der Waals surface area (Å²) in [5, 5.41) is 0. The second-order valence-electron chi connectivity index (χ2n) is 18.0. The third kappa shape index (κ3) is 12.7. The summed E-state index contributed by atoms with van der Waals surface area (Å²) in [6.07, 6.45) is 10.7. The summed E-state index contributed by atoms with van der Waals surface area (Å²) < 4.78 is 38.4. The van der Waals surface area contributed by atoms with Crippen LogP contribution in [0.25, 0.3) is 0 Å². The van der Waals surface area contributed by atoms with Crippen LogP contribution in [0, 0.1) is 17.3 Å². The molecule has 1 amide bonds. The number of phosphoric acid groups is 1. The van der Waals surface area contributed by atoms with Crippen LogP contribution < -0.4 is 5.73 Å². The van der Waals surface area contributed by atoms with Gasteiger partial charge in [-0.1, -0.05) is 117 Å². The first kappa shape index (κ1) is 40.5. The zero-order valence-electron chi connectivity index (χ0n) is 31.5. The van der Waals surface area contributed by atoms with Gasteiger partial charge in [-0.05, 0) is 78.1 Å². The fourth-order valence-corrected chi connectivity index (χ4v) is 10.8. The quantitative estimate of drug-likeness (QED) is 0.0926. The number of carbonyl (C=O) groups excluding carboxylic acids is 1. The molecule has 0 bridgehead atoms. The van der Waals surface area contributed by atoms with Gasteiger partial charge in [0.2, 0.25) is 0 Å². The van der Waals surface area contributed by atoms with E-state index in [1.807, 2.05) is 0 Å². The topological polar surface area (TPSA) is 97.1 Å². The van der Waals surface area contributed by atoms with E-state index in [0.717, 1.165) is 30.8 Å². The van der Waals surface area contributed by atoms with Crippen LogP contribution in [0.4, 0.5) is 4.79 Å². The number of unbranched alkanes of at least 4 members (excludes halogenated alkanes) is 3. The lowest BCUT2D eigenvalue weighted by Crippen LogP contribution is -2.50. The minimum absolute atomic E-state index is 0.0871. The number of fused-ring (bicyclic) bond motifs is 1. The number of ether oxygens (including phenoxy) is 1. The summed E-state index contributed by atoms with van der Waals surface area (Å²) in [5.41, 5.74) is 8.66. The molecule has 2 aliphatic rings. The minimum Gasteiger partial charge on any atom is -0.440 e. The highest BCUT2D eigenvalue weighted by Crippen LogP contribution is 2.59. The Hall–Kier alpha value is -0.966. The zero-order chi connectivity index (χ0) is 35.1. The third-order valence-corrected chi connectivity index (χ3v) is 15.1. The molecule has 1 aromatic rings. The Morgan fingerprint density at radius 3 is 2.13 bits per heavy atom. The van der Waals surface area contributed by atoms with E-state index in [-0.39, 0.29) is 23.9 Å². The number of benzene rings is 1. The van der Waals surface area contributed by atoms with E-state index in [9.17, 15) is 9.36 Å². The van der Waals surface area contributed by atoms with Crippen LogP contribution in [0.15, 0.2) is 18.2 Å². The Bertz CT molecular complexity index is 1180. The lowest BCUT2D eigenvalue weighted by molar-refractivity contribution is -0.0855. The molecule has 0 spiro atoms. The van der Waals surface area contributed by atoms with E-state index in [0.29, 0.717) is 19.6 Å². The molecule has 0 heterocycles. The van der Waals surface area contributed by atoms with Crippen LogP contribution in [-0.2, 0) is 35.7 Å². The number of phosphoric ester groups is 1. The third-order valence-electron chi connectivity index (χ3n) is 10.2. The van der Waals surface area contributed by atoms with Crippen LogP contribution in [0.5, 0.6) is 0 Å². The lowest BCUT2D eigenvalue weighted by atomic mass is 9.67. The molecule has 270 valence electrons. The summed E-state index contributed by atoms with van der Waals surface area (Å²) in [6, 6.07) is 8.74. The van der Waals surface area contributed by atoms with Crippen molar-refractivity contribution in [3.63, 3.8) is 0 Å². The Balaban J connectivity index is 1.85. The van der Waals surface area contributed by atoms with Crippen molar-refractivity contribution in [3.05, 3.63) is 34.9 Å². The molecule has 1 saturated carbocycles. The largest absolute Gasteiger partial charge is 0.474 e. The molecule has 3 rings (SSSR count). The van der Waals surface area contributed by atoms with Crippen LogP contribution in [0.2, 0.25) is 51.4 Å². The van der Waals surface area contributed by atoms with Crippen LogP contribution >= 0.6 is 7.82 Å². The first-order valence-electron chi connectivity index (χ1n) is 18.4. The molecular formula is C37H68NO6PSi2. The van der Waals surface area contributed by atoms with E-state index < -0.39 is 35.7 Å². The van der Waals surface area contributed by atoms with E-state index in [2.05, 4.69) is 85.2 Å². The molecule has 0 aliphatic heterocycles. The zero-order valence-corrected chi connectivity index (χ0v) is 34.4. The maximum Gasteiger partial charge on any atom is 0.474 e. The SMILES string of the molecule is CCCCCC[C@@H]1CCc2cc([C@H]3CC[C@@](COP(=O)(OCC[Si](C)(C)C)OCC[Si](C)(C)C)(OC(N)=O)C3C(C)(C)C)ccc2C1. The van der Waals surface area contributed by atoms with Crippen LogP contribution in [0.3, 0.4) is 0 Å². The van der Waals surface area contributed by atoms with Gasteiger partial charge in [-0.25, -0.2) is 9.36 Å². The van der Waals surface area contributed by atoms with Crippen molar-refractivity contribution in [1.82, 2.24) is 0 Å². The maximum absolute atomic E-state index is 14.2. The molecule has 47 heavy (non-hydrogen) atoms. The molecule has 0 saturated heterocycles. The van der Waals surface area contributed by atoms with Gasteiger partial charge in [-0.3, -0.25) is 13.6 Å². The van der Waals surface area contributed by atoms with Gasteiger partial charge in [0.05, 0.1) is 19.8 Å². The van der Waals surface area contributed by atoms with Crippen molar-refractivity contribution in [2.45, 2.75) is 155 Å². The van der Waals surface area contributed by atoms with Crippen LogP contribution in [-0.4, -0.2) is 47.7 Å². The number of hydrogen-bond donors (Lipinski definition) is 1. The fourth-order valence-electron chi connectivity index (χ4n) is 7.76. The van der Waals surface area contributed by atoms with Crippen molar-refractivity contribution < 1.29 is 27.7 Å². The molecule has 2 aliphatic carbocycles. The summed E-state index contributed by atoms with van der Waals surface area (Å²) in [4.78, 5) is 12.5. The van der Waals surface area contributed by atoms with Gasteiger partial charge in [0.1, 0.15) is 5.60 Å². The number of hydrogen-bond acceptors (Lipinski definition) is 6. The van der Waals surface area contributed by atoms with E-state index in [4.69, 9.17) is 24.0 Å². The predicted molar refractivity (Wildman–Crippen MR) is 201 cm³/mol. The Labute approximate surface area is 289 Å². The second-order valence-corrected chi connectivity index (χ2v) is 30.9. The normalized spacial score (nSPS) is 23.9. The molecule has 0 radical (unpaired) electrons. The van der Waals surface area contributed by atoms with Gasteiger partial charge in [0.25, 0.3) is 0 Å². The molecule has 4 atom stereocenters. The number of primary amides is 1. The summed E-state index contributed by atoms with van der Waals surface area (Å²) in [5.74, 6) is 0.798. The molecular weight excluding hydrogens is 642 g/mol. The highest BCUT2D eigenvalue weighted by molar-refractivity contribution is 7.48. The molecule has 7 nitrogen and oxygen atoms in total. The maximum atomic E-state index is 14.2. The molecule has 10 heteroatoms. The van der Waals surface area contributed by atoms with Gasteiger partial charge >= 0.3 is 13.9 Å². The van der Waals surface area contributed by atoms with Crippen molar-refractivity contribution in [2.24, 2.45) is 23.0 Å². The molecule has 1 fully saturated rings. The monoisotopic (exact) mass is 709 g/mol. The van der Waals surface area contributed by atoms with E-state index in [1.54, 1.807) is 0 Å². The van der Waals surface area contributed by atoms with Gasteiger partial charge < -0.3 is 10.5 Å². The molecule has 2 N–H and O–H groups in total. The van der Waals surface area contributed by atoms with Crippen molar-refractivity contribution in [3.8, 4) is 0 Å². The number of carbonyl (C=O) groups is 1. The highest BCUT2D eigenvalue weighted by atomic mass is 31.2. The van der Waals surface area contributed by atoms with E-state index >= 15 is 0 Å². The molecule has 0 aromatic heterocycles. The Kier molecular flexibility index (Phi) is 14.5.